The number of carboxylic acid groups (broad SMARTS) is 1. The maximum absolute atomic E-state index is 14.0. The van der Waals surface area contributed by atoms with E-state index in [0.29, 0.717) is 29.2 Å². The third-order valence-electron chi connectivity index (χ3n) is 8.07. The Morgan fingerprint density at radius 1 is 0.889 bits per heavy atom. The maximum Gasteiger partial charge on any atom is 0.319 e. The van der Waals surface area contributed by atoms with Gasteiger partial charge in [0.15, 0.2) is 0 Å². The van der Waals surface area contributed by atoms with E-state index >= 15 is 0 Å². The molecule has 4 aliphatic rings. The second-order valence-corrected chi connectivity index (χ2v) is 9.83. The van der Waals surface area contributed by atoms with Crippen LogP contribution in [0.25, 0.3) is 0 Å². The van der Waals surface area contributed by atoms with Crippen molar-refractivity contribution >= 4 is 23.5 Å². The van der Waals surface area contributed by atoms with E-state index in [0.717, 1.165) is 30.4 Å². The Morgan fingerprint density at radius 3 is 2.08 bits per heavy atom. The van der Waals surface area contributed by atoms with Gasteiger partial charge in [-0.1, -0.05) is 68.3 Å². The molecule has 1 heterocycles. The average Bonchev–Trinajstić information content (AvgIpc) is 3.17. The van der Waals surface area contributed by atoms with Gasteiger partial charge < -0.3 is 9.84 Å². The summed E-state index contributed by atoms with van der Waals surface area (Å²) >= 11 is 0. The van der Waals surface area contributed by atoms with Gasteiger partial charge in [0.25, 0.3) is 0 Å². The highest BCUT2D eigenvalue weighted by molar-refractivity contribution is 6.25. The number of hydrogen-bond donors (Lipinski definition) is 1. The lowest BCUT2D eigenvalue weighted by Crippen LogP contribution is -2.57. The van der Waals surface area contributed by atoms with Gasteiger partial charge in [0.05, 0.1) is 24.1 Å². The summed E-state index contributed by atoms with van der Waals surface area (Å²) in [5.41, 5.74) is 1.68. The van der Waals surface area contributed by atoms with Gasteiger partial charge in [-0.3, -0.25) is 14.4 Å². The van der Waals surface area contributed by atoms with Crippen LogP contribution in [0, 0.1) is 11.8 Å². The minimum absolute atomic E-state index is 0.346. The molecule has 1 N–H and O–H groups in total. The van der Waals surface area contributed by atoms with E-state index in [2.05, 4.69) is 6.92 Å². The van der Waals surface area contributed by atoms with Gasteiger partial charge in [-0.25, -0.2) is 4.90 Å². The van der Waals surface area contributed by atoms with Crippen LogP contribution in [-0.2, 0) is 19.8 Å². The molecule has 0 radical (unpaired) electrons. The molecule has 0 saturated carbocycles. The van der Waals surface area contributed by atoms with Gasteiger partial charge in [0.2, 0.25) is 11.8 Å². The van der Waals surface area contributed by atoms with Crippen molar-refractivity contribution in [2.24, 2.45) is 11.8 Å². The number of amides is 2. The molecule has 36 heavy (non-hydrogen) atoms. The fourth-order valence-corrected chi connectivity index (χ4v) is 6.62. The summed E-state index contributed by atoms with van der Waals surface area (Å²) in [5.74, 6) is -3.39. The molecule has 3 aromatic carbocycles. The number of unbranched alkanes of at least 4 members (excludes halogenated alkanes) is 2. The van der Waals surface area contributed by atoms with Gasteiger partial charge in [-0.05, 0) is 52.9 Å². The first kappa shape index (κ1) is 22.5. The van der Waals surface area contributed by atoms with Crippen LogP contribution in [0.15, 0.2) is 72.8 Å². The first-order valence-corrected chi connectivity index (χ1v) is 12.5. The number of carboxylic acids is 1. The quantitative estimate of drug-likeness (QED) is 0.384. The van der Waals surface area contributed by atoms with Gasteiger partial charge in [-0.2, -0.15) is 0 Å². The summed E-state index contributed by atoms with van der Waals surface area (Å²) in [6.45, 7) is 2.74. The SMILES string of the molecule is CCCCCOc1ccc(N2C(=O)[C@@H]3C4c5ccccc5C(C(=O)O)(c5ccccc54)[C@@H]3C2=O)cc1. The smallest absolute Gasteiger partial charge is 0.319 e. The molecule has 2 bridgehead atoms. The summed E-state index contributed by atoms with van der Waals surface area (Å²) in [7, 11) is 0. The van der Waals surface area contributed by atoms with Crippen molar-refractivity contribution in [1.82, 2.24) is 0 Å². The average molecular weight is 482 g/mol. The van der Waals surface area contributed by atoms with E-state index in [4.69, 9.17) is 4.74 Å². The number of imide groups is 1. The topological polar surface area (TPSA) is 83.9 Å². The van der Waals surface area contributed by atoms with Gasteiger partial charge in [0.1, 0.15) is 11.2 Å². The molecule has 182 valence electrons. The Morgan fingerprint density at radius 2 is 1.50 bits per heavy atom. The molecule has 0 spiro atoms. The molecule has 1 fully saturated rings. The van der Waals surface area contributed by atoms with Crippen molar-refractivity contribution in [2.75, 3.05) is 11.5 Å². The van der Waals surface area contributed by atoms with E-state index < -0.39 is 29.1 Å². The van der Waals surface area contributed by atoms with Crippen LogP contribution in [0.1, 0.15) is 54.4 Å². The highest BCUT2D eigenvalue weighted by atomic mass is 16.5. The van der Waals surface area contributed by atoms with Gasteiger partial charge in [-0.15, -0.1) is 0 Å². The molecule has 3 aliphatic carbocycles. The molecule has 7 rings (SSSR count). The zero-order valence-corrected chi connectivity index (χ0v) is 20.0. The lowest BCUT2D eigenvalue weighted by atomic mass is 9.47. The molecule has 6 nitrogen and oxygen atoms in total. The van der Waals surface area contributed by atoms with E-state index in [1.807, 2.05) is 24.3 Å². The van der Waals surface area contributed by atoms with Crippen LogP contribution in [0.4, 0.5) is 5.69 Å². The van der Waals surface area contributed by atoms with Crippen molar-refractivity contribution < 1.29 is 24.2 Å². The Labute approximate surface area is 209 Å². The number of hydrogen-bond acceptors (Lipinski definition) is 4. The predicted molar refractivity (Wildman–Crippen MR) is 134 cm³/mol. The lowest BCUT2D eigenvalue weighted by molar-refractivity contribution is -0.149. The van der Waals surface area contributed by atoms with Crippen LogP contribution < -0.4 is 9.64 Å². The van der Waals surface area contributed by atoms with E-state index in [-0.39, 0.29) is 11.8 Å². The minimum Gasteiger partial charge on any atom is -0.494 e. The summed E-state index contributed by atoms with van der Waals surface area (Å²) < 4.78 is 5.78. The van der Waals surface area contributed by atoms with Crippen LogP contribution in [0.2, 0.25) is 0 Å². The lowest BCUT2D eigenvalue weighted by Gasteiger charge is -2.51. The van der Waals surface area contributed by atoms with Crippen molar-refractivity contribution in [3.8, 4) is 5.75 Å². The number of rotatable bonds is 7. The Hall–Kier alpha value is -3.93. The van der Waals surface area contributed by atoms with Crippen LogP contribution in [0.3, 0.4) is 0 Å². The van der Waals surface area contributed by atoms with E-state index in [1.165, 1.54) is 4.90 Å². The largest absolute Gasteiger partial charge is 0.494 e. The standard InChI is InChI=1S/C30H27NO5/c1-2-3-8-17-36-19-15-13-18(14-16-19)31-27(32)25-24-20-9-4-6-11-22(20)30(29(34)35,26(25)28(31)33)23-12-7-5-10-21(23)24/h4-7,9-16,24-26H,2-3,8,17H2,1H3,(H,34,35)/t24?,25-,26+,30?/m1/s1. The van der Waals surface area contributed by atoms with Crippen LogP contribution in [0.5, 0.6) is 5.75 Å². The summed E-state index contributed by atoms with van der Waals surface area (Å²) in [6, 6.07) is 21.7. The van der Waals surface area contributed by atoms with Crippen molar-refractivity contribution in [3.63, 3.8) is 0 Å². The highest BCUT2D eigenvalue weighted by Crippen LogP contribution is 2.64. The molecule has 2 amide bonds. The number of aliphatic carboxylic acids is 1. The Bertz CT molecular complexity index is 1330. The number of nitrogens with zero attached hydrogens (tertiary/aromatic N) is 1. The molecule has 0 aromatic heterocycles. The molecular formula is C30H27NO5. The number of benzene rings is 3. The number of carbonyl (C=O) groups is 3. The number of ether oxygens (including phenoxy) is 1. The van der Waals surface area contributed by atoms with Crippen molar-refractivity contribution in [2.45, 2.75) is 37.5 Å². The fraction of sp³-hybridized carbons (Fsp3) is 0.300. The van der Waals surface area contributed by atoms with Crippen molar-refractivity contribution in [3.05, 3.63) is 95.1 Å². The zero-order valence-electron chi connectivity index (χ0n) is 20.0. The Balaban J connectivity index is 1.44. The second kappa shape index (κ2) is 8.33. The van der Waals surface area contributed by atoms with Gasteiger partial charge >= 0.3 is 5.97 Å². The highest BCUT2D eigenvalue weighted by Gasteiger charge is 2.71. The van der Waals surface area contributed by atoms with E-state index in [9.17, 15) is 19.5 Å². The monoisotopic (exact) mass is 481 g/mol. The second-order valence-electron chi connectivity index (χ2n) is 9.83. The summed E-state index contributed by atoms with van der Waals surface area (Å²) in [6.07, 6.45) is 3.16. The first-order chi connectivity index (χ1) is 17.5. The van der Waals surface area contributed by atoms with Gasteiger partial charge in [0, 0.05) is 5.92 Å². The molecule has 0 unspecified atom stereocenters. The molecule has 1 aliphatic heterocycles. The first-order valence-electron chi connectivity index (χ1n) is 12.5. The predicted octanol–water partition coefficient (Wildman–Crippen LogP) is 4.89. The van der Waals surface area contributed by atoms with E-state index in [1.54, 1.807) is 48.5 Å². The third-order valence-corrected chi connectivity index (χ3v) is 8.07. The normalized spacial score (nSPS) is 25.4. The molecule has 2 atom stereocenters. The molecular weight excluding hydrogens is 454 g/mol. The molecule has 1 saturated heterocycles. The fourth-order valence-electron chi connectivity index (χ4n) is 6.62. The maximum atomic E-state index is 14.0. The Kier molecular flexibility index (Phi) is 5.21. The van der Waals surface area contributed by atoms with Crippen LogP contribution >= 0.6 is 0 Å². The third kappa shape index (κ3) is 2.87. The number of anilines is 1. The zero-order chi connectivity index (χ0) is 25.0. The van der Waals surface area contributed by atoms with Crippen molar-refractivity contribution in [1.29, 1.82) is 0 Å². The minimum atomic E-state index is -1.61. The summed E-state index contributed by atoms with van der Waals surface area (Å²) in [5, 5.41) is 10.8. The summed E-state index contributed by atoms with van der Waals surface area (Å²) in [4.78, 5) is 42.3. The molecule has 6 heteroatoms. The number of carbonyl (C=O) groups excluding carboxylic acids is 2. The van der Waals surface area contributed by atoms with Crippen LogP contribution in [-0.4, -0.2) is 29.5 Å². The molecule has 3 aromatic rings.